The van der Waals surface area contributed by atoms with Crippen LogP contribution in [-0.2, 0) is 14.6 Å². The van der Waals surface area contributed by atoms with Crippen LogP contribution >= 0.6 is 11.6 Å². The molecule has 1 heterocycles. The summed E-state index contributed by atoms with van der Waals surface area (Å²) in [7, 11) is -3.21. The molecule has 6 nitrogen and oxygen atoms in total. The van der Waals surface area contributed by atoms with E-state index >= 15 is 0 Å². The third-order valence-corrected chi connectivity index (χ3v) is 3.41. The summed E-state index contributed by atoms with van der Waals surface area (Å²) >= 11 is 5.30. The number of imide groups is 1. The molecule has 16 heavy (non-hydrogen) atoms. The number of urea groups is 1. The van der Waals surface area contributed by atoms with E-state index in [1.54, 1.807) is 0 Å². The molecule has 1 aliphatic rings. The van der Waals surface area contributed by atoms with E-state index in [2.05, 4.69) is 5.32 Å². The smallest absolute Gasteiger partial charge is 0.321 e. The second kappa shape index (κ2) is 5.31. The average Bonchev–Trinajstić information content (AvgIpc) is 2.45. The van der Waals surface area contributed by atoms with Gasteiger partial charge in [-0.2, -0.15) is 0 Å². The number of sulfone groups is 1. The van der Waals surface area contributed by atoms with Crippen LogP contribution in [0.15, 0.2) is 11.5 Å². The molecule has 1 rings (SSSR count). The third-order valence-electron chi connectivity index (χ3n) is 1.82. The molecule has 3 amide bonds. The molecule has 0 fully saturated rings. The van der Waals surface area contributed by atoms with Crippen molar-refractivity contribution in [3.05, 3.63) is 11.5 Å². The van der Waals surface area contributed by atoms with Crippen molar-refractivity contribution in [2.75, 3.05) is 11.6 Å². The van der Waals surface area contributed by atoms with Gasteiger partial charge in [-0.05, 0) is 6.08 Å². The average molecular weight is 267 g/mol. The van der Waals surface area contributed by atoms with Crippen LogP contribution in [0.2, 0.25) is 0 Å². The predicted octanol–water partition coefficient (Wildman–Crippen LogP) is -0.248. The van der Waals surface area contributed by atoms with Crippen LogP contribution in [-0.4, -0.2) is 38.0 Å². The number of carbonyl (C=O) groups excluding carboxylic acids is 2. The van der Waals surface area contributed by atoms with Gasteiger partial charge in [0.15, 0.2) is 9.84 Å². The van der Waals surface area contributed by atoms with Gasteiger partial charge >= 0.3 is 6.03 Å². The first kappa shape index (κ1) is 13.0. The van der Waals surface area contributed by atoms with E-state index in [9.17, 15) is 18.0 Å². The van der Waals surface area contributed by atoms with Crippen LogP contribution < -0.4 is 10.6 Å². The SMILES string of the molecule is O=C(CCCl)NC(=O)NC1C=CS(=O)(=O)C1. The Morgan fingerprint density at radius 2 is 2.12 bits per heavy atom. The van der Waals surface area contributed by atoms with Crippen LogP contribution in [0.1, 0.15) is 6.42 Å². The highest BCUT2D eigenvalue weighted by Crippen LogP contribution is 2.07. The van der Waals surface area contributed by atoms with Crippen LogP contribution in [0.25, 0.3) is 0 Å². The van der Waals surface area contributed by atoms with E-state index in [1.165, 1.54) is 6.08 Å². The molecule has 8 heteroatoms. The lowest BCUT2D eigenvalue weighted by molar-refractivity contribution is -0.119. The molecular weight excluding hydrogens is 256 g/mol. The lowest BCUT2D eigenvalue weighted by atomic mass is 10.3. The molecule has 0 bridgehead atoms. The fourth-order valence-electron chi connectivity index (χ4n) is 1.15. The van der Waals surface area contributed by atoms with Crippen molar-refractivity contribution in [3.8, 4) is 0 Å². The maximum atomic E-state index is 11.2. The summed E-state index contributed by atoms with van der Waals surface area (Å²) in [5, 5.41) is 5.42. The Hall–Kier alpha value is -1.08. The fraction of sp³-hybridized carbons (Fsp3) is 0.500. The van der Waals surface area contributed by atoms with Gasteiger partial charge in [0.25, 0.3) is 0 Å². The Balaban J connectivity index is 2.37. The summed E-state index contributed by atoms with van der Waals surface area (Å²) in [5.74, 6) is -0.557. The first-order valence-corrected chi connectivity index (χ1v) is 6.75. The number of hydrogen-bond donors (Lipinski definition) is 2. The van der Waals surface area contributed by atoms with Crippen molar-refractivity contribution in [1.82, 2.24) is 10.6 Å². The van der Waals surface area contributed by atoms with Gasteiger partial charge in [0, 0.05) is 17.7 Å². The van der Waals surface area contributed by atoms with Crippen molar-refractivity contribution in [2.45, 2.75) is 12.5 Å². The van der Waals surface area contributed by atoms with Crippen molar-refractivity contribution in [1.29, 1.82) is 0 Å². The second-order valence-corrected chi connectivity index (χ2v) is 5.53. The number of amides is 3. The number of alkyl halides is 1. The first-order valence-electron chi connectivity index (χ1n) is 4.50. The molecule has 0 saturated heterocycles. The van der Waals surface area contributed by atoms with Crippen LogP contribution in [0, 0.1) is 0 Å². The van der Waals surface area contributed by atoms with Crippen LogP contribution in [0.5, 0.6) is 0 Å². The van der Waals surface area contributed by atoms with Gasteiger partial charge in [0.1, 0.15) is 0 Å². The highest BCUT2D eigenvalue weighted by Gasteiger charge is 2.23. The molecule has 1 aliphatic heterocycles. The lowest BCUT2D eigenvalue weighted by Gasteiger charge is -2.09. The molecule has 0 spiro atoms. The van der Waals surface area contributed by atoms with E-state index in [4.69, 9.17) is 11.6 Å². The quantitative estimate of drug-likeness (QED) is 0.689. The maximum absolute atomic E-state index is 11.2. The Bertz CT molecular complexity index is 418. The van der Waals surface area contributed by atoms with Crippen molar-refractivity contribution in [3.63, 3.8) is 0 Å². The largest absolute Gasteiger partial charge is 0.331 e. The van der Waals surface area contributed by atoms with Crippen molar-refractivity contribution < 1.29 is 18.0 Å². The number of hydrogen-bond acceptors (Lipinski definition) is 4. The molecule has 0 saturated carbocycles. The van der Waals surface area contributed by atoms with E-state index < -0.39 is 27.8 Å². The minimum Gasteiger partial charge on any atom is -0.331 e. The number of nitrogens with one attached hydrogen (secondary N) is 2. The highest BCUT2D eigenvalue weighted by atomic mass is 35.5. The standard InChI is InChI=1S/C8H11ClN2O4S/c9-3-1-7(12)11-8(13)10-6-2-4-16(14,15)5-6/h2,4,6H,1,3,5H2,(H2,10,11,12,13). The summed E-state index contributed by atoms with van der Waals surface area (Å²) in [4.78, 5) is 22.1. The zero-order chi connectivity index (χ0) is 12.2. The van der Waals surface area contributed by atoms with Gasteiger partial charge in [-0.15, -0.1) is 11.6 Å². The molecular formula is C8H11ClN2O4S. The monoisotopic (exact) mass is 266 g/mol. The van der Waals surface area contributed by atoms with Crippen molar-refractivity contribution in [2.24, 2.45) is 0 Å². The second-order valence-electron chi connectivity index (χ2n) is 3.23. The van der Waals surface area contributed by atoms with Gasteiger partial charge in [-0.3, -0.25) is 10.1 Å². The normalized spacial score (nSPS) is 21.7. The maximum Gasteiger partial charge on any atom is 0.321 e. The van der Waals surface area contributed by atoms with Crippen molar-refractivity contribution >= 4 is 33.4 Å². The molecule has 1 unspecified atom stereocenters. The molecule has 0 aliphatic carbocycles. The van der Waals surface area contributed by atoms with Gasteiger partial charge in [0.05, 0.1) is 11.8 Å². The van der Waals surface area contributed by atoms with Gasteiger partial charge in [-0.1, -0.05) is 0 Å². The molecule has 1 atom stereocenters. The number of carbonyl (C=O) groups is 2. The Morgan fingerprint density at radius 3 is 2.62 bits per heavy atom. The number of rotatable bonds is 3. The molecule has 90 valence electrons. The van der Waals surface area contributed by atoms with Crippen LogP contribution in [0.4, 0.5) is 4.79 Å². The zero-order valence-electron chi connectivity index (χ0n) is 8.27. The minimum atomic E-state index is -3.21. The third kappa shape index (κ3) is 4.19. The minimum absolute atomic E-state index is 0.0355. The Morgan fingerprint density at radius 1 is 1.44 bits per heavy atom. The molecule has 0 aromatic heterocycles. The predicted molar refractivity (Wildman–Crippen MR) is 58.7 cm³/mol. The zero-order valence-corrected chi connectivity index (χ0v) is 9.85. The fourth-order valence-corrected chi connectivity index (χ4v) is 2.55. The van der Waals surface area contributed by atoms with E-state index in [0.717, 1.165) is 5.41 Å². The Kier molecular flexibility index (Phi) is 4.31. The molecule has 0 radical (unpaired) electrons. The van der Waals surface area contributed by atoms with E-state index in [1.807, 2.05) is 5.32 Å². The summed E-state index contributed by atoms with van der Waals surface area (Å²) in [6.45, 7) is 0. The topological polar surface area (TPSA) is 92.3 Å². The molecule has 0 aromatic rings. The summed E-state index contributed by atoms with van der Waals surface area (Å²) in [6.07, 6.45) is 1.40. The summed E-state index contributed by atoms with van der Waals surface area (Å²) in [5.41, 5.74) is 0. The summed E-state index contributed by atoms with van der Waals surface area (Å²) < 4.78 is 22.0. The van der Waals surface area contributed by atoms with Crippen LogP contribution in [0.3, 0.4) is 0 Å². The lowest BCUT2D eigenvalue weighted by Crippen LogP contribution is -2.44. The van der Waals surface area contributed by atoms with Gasteiger partial charge in [-0.25, -0.2) is 13.2 Å². The highest BCUT2D eigenvalue weighted by molar-refractivity contribution is 7.94. The van der Waals surface area contributed by atoms with Gasteiger partial charge < -0.3 is 5.32 Å². The van der Waals surface area contributed by atoms with E-state index in [-0.39, 0.29) is 18.1 Å². The van der Waals surface area contributed by atoms with E-state index in [0.29, 0.717) is 0 Å². The Labute approximate surface area is 97.9 Å². The molecule has 0 aromatic carbocycles. The summed E-state index contributed by atoms with van der Waals surface area (Å²) in [6, 6.07) is -1.31. The molecule has 2 N–H and O–H groups in total. The number of halogens is 1. The first-order chi connectivity index (χ1) is 7.43. The van der Waals surface area contributed by atoms with Gasteiger partial charge in [0.2, 0.25) is 5.91 Å².